The summed E-state index contributed by atoms with van der Waals surface area (Å²) < 4.78 is 0. The van der Waals surface area contributed by atoms with Gasteiger partial charge in [-0.2, -0.15) is 5.10 Å². The van der Waals surface area contributed by atoms with Crippen LogP contribution in [0.1, 0.15) is 5.56 Å². The van der Waals surface area contributed by atoms with Gasteiger partial charge in [-0.05, 0) is 18.2 Å². The molecule has 2 rings (SSSR count). The third-order valence-electron chi connectivity index (χ3n) is 2.67. The van der Waals surface area contributed by atoms with Crippen LogP contribution < -0.4 is 5.43 Å². The highest BCUT2D eigenvalue weighted by atomic mass is 35.5. The van der Waals surface area contributed by atoms with Crippen LogP contribution in [0, 0.1) is 10.1 Å². The van der Waals surface area contributed by atoms with Gasteiger partial charge >= 0.3 is 5.69 Å². The van der Waals surface area contributed by atoms with Crippen LogP contribution in [-0.4, -0.2) is 16.2 Å². The predicted molar refractivity (Wildman–Crippen MR) is 92.5 cm³/mol. The van der Waals surface area contributed by atoms with Crippen molar-refractivity contribution in [1.29, 1.82) is 0 Å². The van der Waals surface area contributed by atoms with Crippen molar-refractivity contribution in [1.82, 2.24) is 0 Å². The number of hydrogen-bond donors (Lipinski definition) is 2. The van der Waals surface area contributed by atoms with Crippen molar-refractivity contribution in [3.63, 3.8) is 0 Å². The molecule has 0 unspecified atom stereocenters. The molecule has 0 aliphatic rings. The molecule has 10 heteroatoms. The highest BCUT2D eigenvalue weighted by molar-refractivity contribution is 6.41. The maximum atomic E-state index is 10.8. The first-order valence-corrected chi connectivity index (χ1v) is 7.41. The molecular formula is C13H7Cl4N3O3. The third-order valence-corrected chi connectivity index (χ3v) is 3.70. The van der Waals surface area contributed by atoms with Gasteiger partial charge in [0.15, 0.2) is 0 Å². The van der Waals surface area contributed by atoms with Crippen LogP contribution in [-0.2, 0) is 0 Å². The largest absolute Gasteiger partial charge is 0.502 e. The minimum Gasteiger partial charge on any atom is -0.502 e. The first-order valence-electron chi connectivity index (χ1n) is 5.90. The average Bonchev–Trinajstić information content (AvgIpc) is 2.44. The number of nitro groups is 1. The third kappa shape index (κ3) is 4.17. The van der Waals surface area contributed by atoms with Crippen LogP contribution in [0.25, 0.3) is 0 Å². The fourth-order valence-corrected chi connectivity index (χ4v) is 2.78. The number of rotatable bonds is 4. The Bertz CT molecular complexity index is 788. The average molecular weight is 395 g/mol. The monoisotopic (exact) mass is 393 g/mol. The number of nitro benzene ring substituents is 1. The fourth-order valence-electron chi connectivity index (χ4n) is 1.66. The number of hydrogen-bond acceptors (Lipinski definition) is 5. The summed E-state index contributed by atoms with van der Waals surface area (Å²) in [6.45, 7) is 0. The fraction of sp³-hybridized carbons (Fsp3) is 0. The van der Waals surface area contributed by atoms with Crippen LogP contribution in [0.4, 0.5) is 11.4 Å². The van der Waals surface area contributed by atoms with Gasteiger partial charge in [-0.1, -0.05) is 46.4 Å². The second-order valence-corrected chi connectivity index (χ2v) is 5.92. The lowest BCUT2D eigenvalue weighted by Gasteiger charge is -2.07. The number of nitrogens with zero attached hydrogens (tertiary/aromatic N) is 2. The van der Waals surface area contributed by atoms with Gasteiger partial charge in [-0.25, -0.2) is 0 Å². The van der Waals surface area contributed by atoms with E-state index in [2.05, 4.69) is 10.5 Å². The molecule has 2 aromatic rings. The maximum Gasteiger partial charge on any atom is 0.312 e. The molecule has 2 aromatic carbocycles. The molecule has 0 radical (unpaired) electrons. The highest BCUT2D eigenvalue weighted by Crippen LogP contribution is 2.34. The summed E-state index contributed by atoms with van der Waals surface area (Å²) in [6, 6.07) is 5.29. The Balaban J connectivity index is 2.30. The van der Waals surface area contributed by atoms with Gasteiger partial charge in [-0.3, -0.25) is 15.5 Å². The Morgan fingerprint density at radius 2 is 1.65 bits per heavy atom. The molecule has 0 heterocycles. The predicted octanol–water partition coefficient (Wildman–Crippen LogP) is 5.36. The molecule has 23 heavy (non-hydrogen) atoms. The molecule has 0 aliphatic heterocycles. The van der Waals surface area contributed by atoms with Gasteiger partial charge in [0.1, 0.15) is 0 Å². The van der Waals surface area contributed by atoms with E-state index in [1.165, 1.54) is 18.2 Å². The van der Waals surface area contributed by atoms with Crippen molar-refractivity contribution < 1.29 is 10.0 Å². The van der Waals surface area contributed by atoms with E-state index in [4.69, 9.17) is 46.4 Å². The summed E-state index contributed by atoms with van der Waals surface area (Å²) >= 11 is 23.5. The standard InChI is InChI=1S/C13H7Cl4N3O3/c14-7-1-6(13(21)11(4-7)20(22)23)5-18-19-12-9(16)2-8(15)3-10(12)17/h1-5,19,21H/b18-5+. The summed E-state index contributed by atoms with van der Waals surface area (Å²) in [7, 11) is 0. The minimum atomic E-state index is -0.751. The SMILES string of the molecule is O=[N+]([O-])c1cc(Cl)cc(/C=N/Nc2c(Cl)cc(Cl)cc2Cl)c1O. The zero-order valence-corrected chi connectivity index (χ0v) is 14.1. The summed E-state index contributed by atoms with van der Waals surface area (Å²) in [6.07, 6.45) is 1.15. The first kappa shape index (κ1) is 17.6. The number of phenols is 1. The van der Waals surface area contributed by atoms with Crippen molar-refractivity contribution in [3.8, 4) is 5.75 Å². The number of anilines is 1. The van der Waals surface area contributed by atoms with E-state index in [0.29, 0.717) is 10.7 Å². The number of nitrogens with one attached hydrogen (secondary N) is 1. The number of halogens is 4. The van der Waals surface area contributed by atoms with E-state index in [9.17, 15) is 15.2 Å². The van der Waals surface area contributed by atoms with Crippen molar-refractivity contribution in [2.24, 2.45) is 5.10 Å². The van der Waals surface area contributed by atoms with Crippen molar-refractivity contribution in [2.75, 3.05) is 5.43 Å². The van der Waals surface area contributed by atoms with E-state index < -0.39 is 16.4 Å². The topological polar surface area (TPSA) is 87.8 Å². The molecule has 0 aliphatic carbocycles. The van der Waals surface area contributed by atoms with Gasteiger partial charge in [0, 0.05) is 21.7 Å². The van der Waals surface area contributed by atoms with Crippen LogP contribution in [0.15, 0.2) is 29.4 Å². The maximum absolute atomic E-state index is 10.8. The lowest BCUT2D eigenvalue weighted by Crippen LogP contribution is -1.95. The van der Waals surface area contributed by atoms with E-state index in [1.807, 2.05) is 0 Å². The summed E-state index contributed by atoms with van der Waals surface area (Å²) in [4.78, 5) is 10.1. The van der Waals surface area contributed by atoms with Gasteiger partial charge in [-0.15, -0.1) is 0 Å². The lowest BCUT2D eigenvalue weighted by molar-refractivity contribution is -0.385. The second-order valence-electron chi connectivity index (χ2n) is 4.23. The molecule has 0 saturated carbocycles. The molecule has 0 aromatic heterocycles. The smallest absolute Gasteiger partial charge is 0.312 e. The highest BCUT2D eigenvalue weighted by Gasteiger charge is 2.17. The number of benzene rings is 2. The Morgan fingerprint density at radius 3 is 2.22 bits per heavy atom. The van der Waals surface area contributed by atoms with Gasteiger partial charge < -0.3 is 5.11 Å². The van der Waals surface area contributed by atoms with Crippen LogP contribution in [0.2, 0.25) is 20.1 Å². The molecule has 0 amide bonds. The molecule has 120 valence electrons. The van der Waals surface area contributed by atoms with Crippen molar-refractivity contribution in [2.45, 2.75) is 0 Å². The molecular weight excluding hydrogens is 388 g/mol. The van der Waals surface area contributed by atoms with Crippen molar-refractivity contribution >= 4 is 64.0 Å². The van der Waals surface area contributed by atoms with Gasteiger partial charge in [0.05, 0.1) is 26.9 Å². The van der Waals surface area contributed by atoms with E-state index >= 15 is 0 Å². The van der Waals surface area contributed by atoms with Crippen LogP contribution in [0.3, 0.4) is 0 Å². The van der Waals surface area contributed by atoms with E-state index in [0.717, 1.165) is 12.3 Å². The zero-order valence-electron chi connectivity index (χ0n) is 11.1. The Labute approximate surface area is 150 Å². The lowest BCUT2D eigenvalue weighted by atomic mass is 10.2. The summed E-state index contributed by atoms with van der Waals surface area (Å²) in [5.74, 6) is -0.557. The van der Waals surface area contributed by atoms with Gasteiger partial charge in [0.25, 0.3) is 0 Å². The quantitative estimate of drug-likeness (QED) is 0.415. The minimum absolute atomic E-state index is 0.0536. The van der Waals surface area contributed by atoms with Crippen LogP contribution in [0.5, 0.6) is 5.75 Å². The molecule has 0 bridgehead atoms. The molecule has 0 spiro atoms. The number of phenolic OH excluding ortho intramolecular Hbond substituents is 1. The molecule has 0 saturated heterocycles. The number of aromatic hydroxyl groups is 1. The molecule has 0 fully saturated rings. The molecule has 6 nitrogen and oxygen atoms in total. The Hall–Kier alpha value is -1.73. The molecule has 0 atom stereocenters. The zero-order chi connectivity index (χ0) is 17.1. The normalized spacial score (nSPS) is 11.0. The second kappa shape index (κ2) is 7.23. The Morgan fingerprint density at radius 1 is 1.09 bits per heavy atom. The van der Waals surface area contributed by atoms with E-state index in [-0.39, 0.29) is 20.6 Å². The first-order chi connectivity index (χ1) is 10.8. The summed E-state index contributed by atoms with van der Waals surface area (Å²) in [5.41, 5.74) is 2.40. The van der Waals surface area contributed by atoms with Gasteiger partial charge in [0.2, 0.25) is 5.75 Å². The Kier molecular flexibility index (Phi) is 5.54. The summed E-state index contributed by atoms with van der Waals surface area (Å²) in [5, 5.41) is 25.4. The molecule has 2 N–H and O–H groups in total. The van der Waals surface area contributed by atoms with Crippen molar-refractivity contribution in [3.05, 3.63) is 60.0 Å². The number of hydrazone groups is 1. The van der Waals surface area contributed by atoms with E-state index in [1.54, 1.807) is 0 Å². The van der Waals surface area contributed by atoms with Crippen LogP contribution >= 0.6 is 46.4 Å².